The van der Waals surface area contributed by atoms with Crippen LogP contribution in [0.2, 0.25) is 0 Å². The van der Waals surface area contributed by atoms with E-state index in [4.69, 9.17) is 0 Å². The van der Waals surface area contributed by atoms with Gasteiger partial charge in [-0.2, -0.15) is 0 Å². The Balaban J connectivity index is 3.17. The van der Waals surface area contributed by atoms with Gasteiger partial charge in [-0.15, -0.1) is 0 Å². The van der Waals surface area contributed by atoms with Gasteiger partial charge in [0, 0.05) is 10.7 Å². The molecule has 0 aromatic carbocycles. The van der Waals surface area contributed by atoms with Crippen molar-refractivity contribution in [3.05, 3.63) is 28.0 Å². The van der Waals surface area contributed by atoms with Crippen molar-refractivity contribution in [3.8, 4) is 0 Å². The Hall–Kier alpha value is -0.370. The van der Waals surface area contributed by atoms with E-state index in [1.165, 1.54) is 5.56 Å². The molecule has 1 aromatic heterocycles. The number of nitrogens with zero attached hydrogens (tertiary/aromatic N) is 1. The monoisotopic (exact) mass is 185 g/mol. The van der Waals surface area contributed by atoms with Gasteiger partial charge >= 0.3 is 0 Å². The minimum absolute atomic E-state index is 1.04. The van der Waals surface area contributed by atoms with Crippen LogP contribution >= 0.6 is 15.9 Å². The number of pyridine rings is 1. The lowest BCUT2D eigenvalue weighted by Gasteiger charge is -1.95. The Kier molecular flexibility index (Phi) is 1.86. The van der Waals surface area contributed by atoms with Gasteiger partial charge in [0.1, 0.15) is 0 Å². The number of aromatic nitrogens is 1. The summed E-state index contributed by atoms with van der Waals surface area (Å²) in [6.45, 7) is 4.00. The fraction of sp³-hybridized carbons (Fsp3) is 0.286. The standard InChI is InChI=1S/C7H8BrN/c1-5-3-7(8)6(2)9-4-5/h3-4H,1-2H3. The molecule has 0 spiro atoms. The maximum absolute atomic E-state index is 4.13. The minimum Gasteiger partial charge on any atom is -0.260 e. The Bertz CT molecular complexity index is 220. The van der Waals surface area contributed by atoms with E-state index in [1.807, 2.05) is 20.0 Å². The van der Waals surface area contributed by atoms with Crippen molar-refractivity contribution in [2.24, 2.45) is 0 Å². The largest absolute Gasteiger partial charge is 0.260 e. The normalized spacial score (nSPS) is 9.67. The molecule has 48 valence electrons. The molecule has 1 heterocycles. The third-order valence-corrected chi connectivity index (χ3v) is 1.96. The molecular weight excluding hydrogens is 178 g/mol. The Morgan fingerprint density at radius 2 is 2.11 bits per heavy atom. The Morgan fingerprint density at radius 3 is 2.56 bits per heavy atom. The SMILES string of the molecule is Cc1cnc(C)c(Br)c1. The maximum Gasteiger partial charge on any atom is 0.0514 e. The molecule has 0 aliphatic rings. The highest BCUT2D eigenvalue weighted by molar-refractivity contribution is 9.10. The first-order valence-electron chi connectivity index (χ1n) is 2.79. The van der Waals surface area contributed by atoms with Gasteiger partial charge in [0.15, 0.2) is 0 Å². The summed E-state index contributed by atoms with van der Waals surface area (Å²) in [6.07, 6.45) is 1.86. The van der Waals surface area contributed by atoms with Crippen LogP contribution < -0.4 is 0 Å². The number of hydrogen-bond acceptors (Lipinski definition) is 1. The van der Waals surface area contributed by atoms with Crippen LogP contribution in [0.5, 0.6) is 0 Å². The summed E-state index contributed by atoms with van der Waals surface area (Å²) in [5.41, 5.74) is 2.23. The van der Waals surface area contributed by atoms with E-state index < -0.39 is 0 Å². The average molecular weight is 186 g/mol. The number of aryl methyl sites for hydroxylation is 2. The smallest absolute Gasteiger partial charge is 0.0514 e. The van der Waals surface area contributed by atoms with E-state index in [0.717, 1.165) is 10.2 Å². The molecule has 1 aromatic rings. The molecule has 1 rings (SSSR count). The second-order valence-electron chi connectivity index (χ2n) is 2.08. The first-order chi connectivity index (χ1) is 4.20. The second-order valence-corrected chi connectivity index (χ2v) is 2.93. The maximum atomic E-state index is 4.13. The molecule has 0 saturated heterocycles. The van der Waals surface area contributed by atoms with Crippen molar-refractivity contribution in [1.29, 1.82) is 0 Å². The average Bonchev–Trinajstić information content (AvgIpc) is 1.80. The van der Waals surface area contributed by atoms with Crippen LogP contribution in [0.25, 0.3) is 0 Å². The summed E-state index contributed by atoms with van der Waals surface area (Å²) in [4.78, 5) is 4.13. The van der Waals surface area contributed by atoms with Crippen molar-refractivity contribution >= 4 is 15.9 Å². The topological polar surface area (TPSA) is 12.9 Å². The number of halogens is 1. The van der Waals surface area contributed by atoms with Crippen LogP contribution in [0, 0.1) is 13.8 Å². The number of hydrogen-bond donors (Lipinski definition) is 0. The van der Waals surface area contributed by atoms with Gasteiger partial charge in [-0.1, -0.05) is 0 Å². The van der Waals surface area contributed by atoms with Crippen LogP contribution in [0.3, 0.4) is 0 Å². The summed E-state index contributed by atoms with van der Waals surface area (Å²) in [5, 5.41) is 0. The van der Waals surface area contributed by atoms with E-state index in [1.54, 1.807) is 0 Å². The lowest BCUT2D eigenvalue weighted by atomic mass is 10.3. The van der Waals surface area contributed by atoms with Gasteiger partial charge in [0.05, 0.1) is 5.69 Å². The Morgan fingerprint density at radius 1 is 1.44 bits per heavy atom. The molecule has 0 fully saturated rings. The molecule has 2 heteroatoms. The van der Waals surface area contributed by atoms with Gasteiger partial charge in [-0.05, 0) is 41.4 Å². The van der Waals surface area contributed by atoms with Crippen molar-refractivity contribution in [3.63, 3.8) is 0 Å². The zero-order valence-electron chi connectivity index (χ0n) is 5.48. The molecule has 0 aliphatic carbocycles. The van der Waals surface area contributed by atoms with Crippen molar-refractivity contribution in [2.45, 2.75) is 13.8 Å². The van der Waals surface area contributed by atoms with Crippen LogP contribution in [0.1, 0.15) is 11.3 Å². The fourth-order valence-electron chi connectivity index (χ4n) is 0.602. The summed E-state index contributed by atoms with van der Waals surface area (Å²) in [6, 6.07) is 2.06. The summed E-state index contributed by atoms with van der Waals surface area (Å²) < 4.78 is 1.09. The van der Waals surface area contributed by atoms with Crippen LogP contribution in [0.4, 0.5) is 0 Å². The highest BCUT2D eigenvalue weighted by atomic mass is 79.9. The molecule has 9 heavy (non-hydrogen) atoms. The first-order valence-corrected chi connectivity index (χ1v) is 3.58. The highest BCUT2D eigenvalue weighted by Gasteiger charge is 1.92. The Labute approximate surface area is 63.2 Å². The van der Waals surface area contributed by atoms with E-state index in [-0.39, 0.29) is 0 Å². The van der Waals surface area contributed by atoms with Crippen LogP contribution in [-0.4, -0.2) is 4.98 Å². The lowest BCUT2D eigenvalue weighted by Crippen LogP contribution is -1.82. The minimum atomic E-state index is 1.04. The molecule has 0 amide bonds. The van der Waals surface area contributed by atoms with Gasteiger partial charge in [-0.3, -0.25) is 4.98 Å². The molecule has 0 bridgehead atoms. The lowest BCUT2D eigenvalue weighted by molar-refractivity contribution is 1.15. The van der Waals surface area contributed by atoms with E-state index >= 15 is 0 Å². The first kappa shape index (κ1) is 6.75. The highest BCUT2D eigenvalue weighted by Crippen LogP contribution is 2.13. The molecule has 0 aliphatic heterocycles. The quantitative estimate of drug-likeness (QED) is 0.606. The zero-order valence-corrected chi connectivity index (χ0v) is 7.07. The third-order valence-electron chi connectivity index (χ3n) is 1.16. The summed E-state index contributed by atoms with van der Waals surface area (Å²) >= 11 is 3.38. The summed E-state index contributed by atoms with van der Waals surface area (Å²) in [7, 11) is 0. The molecule has 0 unspecified atom stereocenters. The predicted molar refractivity (Wildman–Crippen MR) is 41.4 cm³/mol. The van der Waals surface area contributed by atoms with Crippen molar-refractivity contribution in [2.75, 3.05) is 0 Å². The van der Waals surface area contributed by atoms with Gasteiger partial charge in [0.25, 0.3) is 0 Å². The molecule has 0 saturated carbocycles. The molecule has 0 atom stereocenters. The second kappa shape index (κ2) is 2.48. The van der Waals surface area contributed by atoms with Gasteiger partial charge in [0.2, 0.25) is 0 Å². The van der Waals surface area contributed by atoms with Gasteiger partial charge < -0.3 is 0 Å². The number of rotatable bonds is 0. The fourth-order valence-corrected chi connectivity index (χ4v) is 1.07. The van der Waals surface area contributed by atoms with E-state index in [0.29, 0.717) is 0 Å². The van der Waals surface area contributed by atoms with Crippen molar-refractivity contribution < 1.29 is 0 Å². The van der Waals surface area contributed by atoms with Crippen LogP contribution in [0.15, 0.2) is 16.7 Å². The molecule has 1 nitrogen and oxygen atoms in total. The summed E-state index contributed by atoms with van der Waals surface area (Å²) in [5.74, 6) is 0. The zero-order chi connectivity index (χ0) is 6.85. The predicted octanol–water partition coefficient (Wildman–Crippen LogP) is 2.46. The van der Waals surface area contributed by atoms with E-state index in [2.05, 4.69) is 27.0 Å². The van der Waals surface area contributed by atoms with E-state index in [9.17, 15) is 0 Å². The third kappa shape index (κ3) is 1.52. The van der Waals surface area contributed by atoms with Crippen LogP contribution in [-0.2, 0) is 0 Å². The molecular formula is C7H8BrN. The van der Waals surface area contributed by atoms with Gasteiger partial charge in [-0.25, -0.2) is 0 Å². The van der Waals surface area contributed by atoms with Crippen molar-refractivity contribution in [1.82, 2.24) is 4.98 Å². The molecule has 0 N–H and O–H groups in total. The molecule has 0 radical (unpaired) electrons.